The molecular weight excluding hydrogens is 200 g/mol. The minimum atomic E-state index is -0.472. The summed E-state index contributed by atoms with van der Waals surface area (Å²) >= 11 is 0. The molecule has 1 aromatic rings. The third-order valence-corrected chi connectivity index (χ3v) is 3.92. The molecule has 1 saturated carbocycles. The monoisotopic (exact) mass is 218 g/mol. The van der Waals surface area contributed by atoms with Gasteiger partial charge in [-0.3, -0.25) is 0 Å². The van der Waals surface area contributed by atoms with Gasteiger partial charge in [0.15, 0.2) is 5.79 Å². The molecule has 0 radical (unpaired) electrons. The normalized spacial score (nSPS) is 25.6. The van der Waals surface area contributed by atoms with Crippen molar-refractivity contribution in [3.05, 3.63) is 35.4 Å². The highest BCUT2D eigenvalue weighted by Gasteiger charge is 2.60. The van der Waals surface area contributed by atoms with Crippen LogP contribution < -0.4 is 0 Å². The van der Waals surface area contributed by atoms with Gasteiger partial charge in [-0.25, -0.2) is 0 Å². The van der Waals surface area contributed by atoms with Crippen molar-refractivity contribution in [1.29, 1.82) is 0 Å². The standard InChI is InChI=1S/C14H18O2/c1-11-3-5-12(6-4-11)14(13(2)7-8-13)15-9-10-16-14/h3-6H,7-10H2,1-2H3. The largest absolute Gasteiger partial charge is 0.343 e. The molecule has 16 heavy (non-hydrogen) atoms. The van der Waals surface area contributed by atoms with Crippen LogP contribution in [0.25, 0.3) is 0 Å². The van der Waals surface area contributed by atoms with Gasteiger partial charge in [0.25, 0.3) is 0 Å². The summed E-state index contributed by atoms with van der Waals surface area (Å²) in [5.74, 6) is -0.472. The second-order valence-corrected chi connectivity index (χ2v) is 5.24. The molecule has 0 N–H and O–H groups in total. The summed E-state index contributed by atoms with van der Waals surface area (Å²) in [7, 11) is 0. The molecule has 0 amide bonds. The molecule has 2 aliphatic rings. The molecule has 0 spiro atoms. The molecule has 0 unspecified atom stereocenters. The topological polar surface area (TPSA) is 18.5 Å². The van der Waals surface area contributed by atoms with E-state index in [0.717, 1.165) is 0 Å². The molecule has 2 fully saturated rings. The average Bonchev–Trinajstić information content (AvgIpc) is 2.85. The van der Waals surface area contributed by atoms with Crippen LogP contribution in [0.15, 0.2) is 24.3 Å². The van der Waals surface area contributed by atoms with E-state index in [-0.39, 0.29) is 5.41 Å². The Labute approximate surface area is 96.6 Å². The lowest BCUT2D eigenvalue weighted by atomic mass is 9.89. The first-order chi connectivity index (χ1) is 7.66. The van der Waals surface area contributed by atoms with Crippen molar-refractivity contribution >= 4 is 0 Å². The number of ether oxygens (including phenoxy) is 2. The zero-order chi connectivity index (χ0) is 11.2. The lowest BCUT2D eigenvalue weighted by molar-refractivity contribution is -0.212. The van der Waals surface area contributed by atoms with Gasteiger partial charge >= 0.3 is 0 Å². The predicted molar refractivity (Wildman–Crippen MR) is 62.1 cm³/mol. The van der Waals surface area contributed by atoms with Crippen LogP contribution in [0.2, 0.25) is 0 Å². The van der Waals surface area contributed by atoms with Crippen molar-refractivity contribution in [3.8, 4) is 0 Å². The Morgan fingerprint density at radius 1 is 1.00 bits per heavy atom. The second kappa shape index (κ2) is 3.31. The fourth-order valence-corrected chi connectivity index (χ4v) is 2.57. The molecule has 2 nitrogen and oxygen atoms in total. The Morgan fingerprint density at radius 3 is 2.06 bits per heavy atom. The van der Waals surface area contributed by atoms with Gasteiger partial charge < -0.3 is 9.47 Å². The number of benzene rings is 1. The van der Waals surface area contributed by atoms with Crippen LogP contribution in [0, 0.1) is 12.3 Å². The van der Waals surface area contributed by atoms with Crippen LogP contribution in [-0.2, 0) is 15.3 Å². The van der Waals surface area contributed by atoms with Gasteiger partial charge in [-0.2, -0.15) is 0 Å². The Kier molecular flexibility index (Phi) is 2.13. The summed E-state index contributed by atoms with van der Waals surface area (Å²) in [5, 5.41) is 0. The van der Waals surface area contributed by atoms with E-state index in [4.69, 9.17) is 9.47 Å². The first kappa shape index (κ1) is 10.3. The maximum absolute atomic E-state index is 5.97. The lowest BCUT2D eigenvalue weighted by Crippen LogP contribution is -2.36. The molecule has 1 saturated heterocycles. The number of rotatable bonds is 2. The summed E-state index contributed by atoms with van der Waals surface area (Å²) in [4.78, 5) is 0. The molecular formula is C14H18O2. The highest BCUT2D eigenvalue weighted by atomic mass is 16.7. The minimum absolute atomic E-state index is 0.179. The van der Waals surface area contributed by atoms with E-state index >= 15 is 0 Å². The van der Waals surface area contributed by atoms with E-state index in [0.29, 0.717) is 13.2 Å². The van der Waals surface area contributed by atoms with Gasteiger partial charge in [0.05, 0.1) is 13.2 Å². The summed E-state index contributed by atoms with van der Waals surface area (Å²) < 4.78 is 11.9. The van der Waals surface area contributed by atoms with Crippen molar-refractivity contribution in [3.63, 3.8) is 0 Å². The molecule has 1 heterocycles. The van der Waals surface area contributed by atoms with E-state index in [1.54, 1.807) is 0 Å². The van der Waals surface area contributed by atoms with Crippen LogP contribution in [0.4, 0.5) is 0 Å². The van der Waals surface area contributed by atoms with Gasteiger partial charge in [-0.15, -0.1) is 0 Å². The highest BCUT2D eigenvalue weighted by molar-refractivity contribution is 5.29. The molecule has 3 rings (SSSR count). The van der Waals surface area contributed by atoms with Gasteiger partial charge in [0.2, 0.25) is 0 Å². The fraction of sp³-hybridized carbons (Fsp3) is 0.571. The summed E-state index contributed by atoms with van der Waals surface area (Å²) in [6.45, 7) is 5.79. The molecule has 0 aromatic heterocycles. The first-order valence-corrected chi connectivity index (χ1v) is 6.01. The number of hydrogen-bond acceptors (Lipinski definition) is 2. The third kappa shape index (κ3) is 1.33. The Bertz CT molecular complexity index is 384. The molecule has 1 aliphatic heterocycles. The van der Waals surface area contributed by atoms with E-state index < -0.39 is 5.79 Å². The van der Waals surface area contributed by atoms with Crippen LogP contribution in [-0.4, -0.2) is 13.2 Å². The van der Waals surface area contributed by atoms with Crippen LogP contribution >= 0.6 is 0 Å². The van der Waals surface area contributed by atoms with Crippen LogP contribution in [0.3, 0.4) is 0 Å². The highest BCUT2D eigenvalue weighted by Crippen LogP contribution is 2.61. The quantitative estimate of drug-likeness (QED) is 0.759. The summed E-state index contributed by atoms with van der Waals surface area (Å²) in [6, 6.07) is 8.55. The first-order valence-electron chi connectivity index (χ1n) is 6.01. The molecule has 86 valence electrons. The fourth-order valence-electron chi connectivity index (χ4n) is 2.57. The van der Waals surface area contributed by atoms with E-state index in [9.17, 15) is 0 Å². The van der Waals surface area contributed by atoms with Crippen molar-refractivity contribution in [2.24, 2.45) is 5.41 Å². The molecule has 0 bridgehead atoms. The van der Waals surface area contributed by atoms with E-state index in [1.807, 2.05) is 0 Å². The van der Waals surface area contributed by atoms with Crippen molar-refractivity contribution < 1.29 is 9.47 Å². The maximum Gasteiger partial charge on any atom is 0.200 e. The number of hydrogen-bond donors (Lipinski definition) is 0. The average molecular weight is 218 g/mol. The van der Waals surface area contributed by atoms with Crippen LogP contribution in [0.1, 0.15) is 30.9 Å². The van der Waals surface area contributed by atoms with Crippen molar-refractivity contribution in [2.75, 3.05) is 13.2 Å². The lowest BCUT2D eigenvalue weighted by Gasteiger charge is -2.34. The van der Waals surface area contributed by atoms with E-state index in [2.05, 4.69) is 38.1 Å². The molecule has 1 aromatic carbocycles. The van der Waals surface area contributed by atoms with Gasteiger partial charge in [-0.1, -0.05) is 36.8 Å². The van der Waals surface area contributed by atoms with Gasteiger partial charge in [0, 0.05) is 11.0 Å². The maximum atomic E-state index is 5.97. The zero-order valence-corrected chi connectivity index (χ0v) is 9.95. The summed E-state index contributed by atoms with van der Waals surface area (Å²) in [5.41, 5.74) is 2.63. The summed E-state index contributed by atoms with van der Waals surface area (Å²) in [6.07, 6.45) is 2.39. The predicted octanol–water partition coefficient (Wildman–Crippen LogP) is 2.99. The van der Waals surface area contributed by atoms with E-state index in [1.165, 1.54) is 24.0 Å². The zero-order valence-electron chi connectivity index (χ0n) is 9.95. The third-order valence-electron chi connectivity index (χ3n) is 3.92. The molecule has 0 atom stereocenters. The SMILES string of the molecule is Cc1ccc(C2(C3(C)CC3)OCCO2)cc1. The Morgan fingerprint density at radius 2 is 1.56 bits per heavy atom. The van der Waals surface area contributed by atoms with Crippen molar-refractivity contribution in [2.45, 2.75) is 32.5 Å². The Balaban J connectivity index is 2.03. The molecule has 2 heteroatoms. The smallest absolute Gasteiger partial charge is 0.200 e. The van der Waals surface area contributed by atoms with Crippen molar-refractivity contribution in [1.82, 2.24) is 0 Å². The second-order valence-electron chi connectivity index (χ2n) is 5.24. The van der Waals surface area contributed by atoms with Gasteiger partial charge in [0.1, 0.15) is 0 Å². The number of aryl methyl sites for hydroxylation is 1. The molecule has 1 aliphatic carbocycles. The Hall–Kier alpha value is -0.860. The van der Waals surface area contributed by atoms with Gasteiger partial charge in [-0.05, 0) is 19.8 Å². The minimum Gasteiger partial charge on any atom is -0.343 e. The van der Waals surface area contributed by atoms with Crippen LogP contribution in [0.5, 0.6) is 0 Å².